The van der Waals surface area contributed by atoms with E-state index in [9.17, 15) is 14.4 Å². The number of hydrogen-bond acceptors (Lipinski definition) is 5. The lowest BCUT2D eigenvalue weighted by Gasteiger charge is -2.39. The predicted molar refractivity (Wildman–Crippen MR) is 127 cm³/mol. The molecule has 172 valence electrons. The number of aromatic nitrogens is 4. The quantitative estimate of drug-likeness (QED) is 0.267. The molecule has 4 heterocycles. The lowest BCUT2D eigenvalue weighted by molar-refractivity contribution is -0.130. The van der Waals surface area contributed by atoms with Crippen LogP contribution in [0.15, 0.2) is 55.0 Å². The molecule has 2 amide bonds. The number of imidazole rings is 1. The van der Waals surface area contributed by atoms with Crippen LogP contribution in [0, 0.1) is 0 Å². The molecule has 2 N–H and O–H groups in total. The van der Waals surface area contributed by atoms with Gasteiger partial charge in [0.05, 0.1) is 11.1 Å². The Kier molecular flexibility index (Phi) is 5.62. The largest absolute Gasteiger partial charge is 0.358 e. The third kappa shape index (κ3) is 3.84. The van der Waals surface area contributed by atoms with Crippen molar-refractivity contribution >= 4 is 40.2 Å². The molecular weight excluding hydrogens is 456 g/mol. The highest BCUT2D eigenvalue weighted by Crippen LogP contribution is 2.30. The summed E-state index contributed by atoms with van der Waals surface area (Å²) >= 11 is 6.21. The highest BCUT2D eigenvalue weighted by atomic mass is 35.5. The minimum absolute atomic E-state index is 0.0909. The van der Waals surface area contributed by atoms with Gasteiger partial charge in [0, 0.05) is 55.4 Å². The number of nitrogens with zero attached hydrogens (tertiary/aromatic N) is 4. The fourth-order valence-corrected chi connectivity index (χ4v) is 4.49. The maximum absolute atomic E-state index is 13.2. The van der Waals surface area contributed by atoms with Crippen molar-refractivity contribution in [2.45, 2.75) is 13.0 Å². The van der Waals surface area contributed by atoms with Gasteiger partial charge in [0.1, 0.15) is 16.5 Å². The number of piperazine rings is 1. The average molecular weight is 477 g/mol. The van der Waals surface area contributed by atoms with Crippen LogP contribution in [0.3, 0.4) is 0 Å². The first-order valence-electron chi connectivity index (χ1n) is 10.8. The maximum atomic E-state index is 13.2. The van der Waals surface area contributed by atoms with Crippen molar-refractivity contribution < 1.29 is 14.4 Å². The Morgan fingerprint density at radius 3 is 2.62 bits per heavy atom. The van der Waals surface area contributed by atoms with Gasteiger partial charge in [-0.3, -0.25) is 14.4 Å². The molecule has 1 aliphatic heterocycles. The molecule has 1 aliphatic rings. The molecule has 1 atom stereocenters. The number of aromatic amines is 2. The van der Waals surface area contributed by atoms with E-state index in [-0.39, 0.29) is 29.2 Å². The van der Waals surface area contributed by atoms with Gasteiger partial charge in [0.15, 0.2) is 0 Å². The van der Waals surface area contributed by atoms with Crippen LogP contribution >= 0.6 is 11.6 Å². The number of hydrogen-bond donors (Lipinski definition) is 2. The van der Waals surface area contributed by atoms with E-state index in [0.29, 0.717) is 41.1 Å². The number of carbonyl (C=O) groups excluding carboxylic acids is 3. The normalized spacial score (nSPS) is 16.1. The van der Waals surface area contributed by atoms with Gasteiger partial charge in [-0.2, -0.15) is 0 Å². The van der Waals surface area contributed by atoms with Gasteiger partial charge in [0.2, 0.25) is 0 Å². The summed E-state index contributed by atoms with van der Waals surface area (Å²) < 4.78 is 0. The zero-order chi connectivity index (χ0) is 23.8. The van der Waals surface area contributed by atoms with E-state index in [1.54, 1.807) is 35.5 Å². The Bertz CT molecular complexity index is 1380. The molecule has 0 unspecified atom stereocenters. The van der Waals surface area contributed by atoms with Gasteiger partial charge in [-0.1, -0.05) is 29.8 Å². The van der Waals surface area contributed by atoms with Crippen molar-refractivity contribution in [1.82, 2.24) is 29.7 Å². The van der Waals surface area contributed by atoms with Crippen LogP contribution in [0.4, 0.5) is 0 Å². The smallest absolute Gasteiger partial charge is 0.295 e. The first-order valence-corrected chi connectivity index (χ1v) is 11.2. The highest BCUT2D eigenvalue weighted by molar-refractivity contribution is 6.45. The molecule has 0 bridgehead atoms. The minimum atomic E-state index is -0.680. The molecule has 0 aliphatic carbocycles. The van der Waals surface area contributed by atoms with Crippen LogP contribution in [0.5, 0.6) is 0 Å². The fourth-order valence-electron chi connectivity index (χ4n) is 4.29. The second-order valence-corrected chi connectivity index (χ2v) is 8.54. The van der Waals surface area contributed by atoms with Crippen molar-refractivity contribution in [2.24, 2.45) is 0 Å². The number of H-pyrrole nitrogens is 2. The zero-order valence-corrected chi connectivity index (χ0v) is 19.0. The number of ketones is 1. The molecule has 34 heavy (non-hydrogen) atoms. The fraction of sp³-hybridized carbons (Fsp3) is 0.208. The zero-order valence-electron chi connectivity index (χ0n) is 18.3. The monoisotopic (exact) mass is 476 g/mol. The lowest BCUT2D eigenvalue weighted by Crippen LogP contribution is -2.56. The Hall–Kier alpha value is -3.98. The third-order valence-corrected chi connectivity index (χ3v) is 6.19. The first kappa shape index (κ1) is 21.8. The van der Waals surface area contributed by atoms with Gasteiger partial charge in [-0.05, 0) is 25.1 Å². The van der Waals surface area contributed by atoms with Crippen molar-refractivity contribution in [2.75, 3.05) is 19.6 Å². The van der Waals surface area contributed by atoms with Gasteiger partial charge in [-0.25, -0.2) is 9.97 Å². The summed E-state index contributed by atoms with van der Waals surface area (Å²) in [5, 5.41) is 0.182. The van der Waals surface area contributed by atoms with Crippen LogP contribution < -0.4 is 0 Å². The van der Waals surface area contributed by atoms with Gasteiger partial charge >= 0.3 is 0 Å². The lowest BCUT2D eigenvalue weighted by atomic mass is 10.1. The summed E-state index contributed by atoms with van der Waals surface area (Å²) in [6.07, 6.45) is 4.76. The number of rotatable bonds is 4. The molecule has 1 fully saturated rings. The van der Waals surface area contributed by atoms with E-state index >= 15 is 0 Å². The standard InChI is InChI=1S/C24H21ClN6O3/c1-14-13-30(23(33)15-5-3-2-4-6-15)9-10-31(14)24(34)21(32)17-12-28-19-16(22-26-7-8-27-22)11-18(25)29-20(17)19/h2-8,11-12,14,28H,9-10,13H2,1H3,(H,26,27)/t14-/m1/s1. The van der Waals surface area contributed by atoms with Crippen molar-refractivity contribution in [1.29, 1.82) is 0 Å². The number of carbonyl (C=O) groups is 3. The molecule has 1 aromatic carbocycles. The Balaban J connectivity index is 1.37. The number of amides is 2. The Morgan fingerprint density at radius 1 is 1.12 bits per heavy atom. The number of fused-ring (bicyclic) bond motifs is 1. The summed E-state index contributed by atoms with van der Waals surface area (Å²) in [6.45, 7) is 2.78. The Labute approximate surface area is 199 Å². The Morgan fingerprint density at radius 2 is 1.91 bits per heavy atom. The highest BCUT2D eigenvalue weighted by Gasteiger charge is 2.34. The third-order valence-electron chi connectivity index (χ3n) is 5.99. The van der Waals surface area contributed by atoms with Crippen LogP contribution in [0.2, 0.25) is 5.15 Å². The second kappa shape index (κ2) is 8.75. The summed E-state index contributed by atoms with van der Waals surface area (Å²) in [4.78, 5) is 56.9. The number of pyridine rings is 1. The second-order valence-electron chi connectivity index (χ2n) is 8.15. The van der Waals surface area contributed by atoms with Gasteiger partial charge < -0.3 is 19.8 Å². The van der Waals surface area contributed by atoms with Crippen molar-refractivity contribution in [3.63, 3.8) is 0 Å². The molecular formula is C24H21ClN6O3. The summed E-state index contributed by atoms with van der Waals surface area (Å²) in [5.74, 6) is -0.844. The average Bonchev–Trinajstić information content (AvgIpc) is 3.53. The van der Waals surface area contributed by atoms with Crippen LogP contribution in [0.1, 0.15) is 27.6 Å². The molecule has 4 aromatic rings. The SMILES string of the molecule is C[C@@H]1CN(C(=O)c2ccccc2)CCN1C(=O)C(=O)c1c[nH]c2c(-c3ncc[nH]3)cc(Cl)nc12. The van der Waals surface area contributed by atoms with Crippen LogP contribution in [-0.4, -0.2) is 73.0 Å². The predicted octanol–water partition coefficient (Wildman–Crippen LogP) is 3.16. The van der Waals surface area contributed by atoms with Gasteiger partial charge in [-0.15, -0.1) is 0 Å². The van der Waals surface area contributed by atoms with E-state index in [0.717, 1.165) is 0 Å². The molecule has 0 saturated carbocycles. The molecule has 10 heteroatoms. The molecule has 0 spiro atoms. The molecule has 3 aromatic heterocycles. The van der Waals surface area contributed by atoms with Crippen LogP contribution in [-0.2, 0) is 4.79 Å². The number of halogens is 1. The summed E-state index contributed by atoms with van der Waals surface area (Å²) in [6, 6.07) is 10.3. The summed E-state index contributed by atoms with van der Waals surface area (Å²) in [7, 11) is 0. The van der Waals surface area contributed by atoms with E-state index in [4.69, 9.17) is 11.6 Å². The van der Waals surface area contributed by atoms with Gasteiger partial charge in [0.25, 0.3) is 17.6 Å². The topological polar surface area (TPSA) is 115 Å². The molecule has 5 rings (SSSR count). The number of nitrogens with one attached hydrogen (secondary N) is 2. The number of Topliss-reactive ketones (excluding diaryl/α,β-unsaturated/α-hetero) is 1. The van der Waals surface area contributed by atoms with Crippen LogP contribution in [0.25, 0.3) is 22.4 Å². The van der Waals surface area contributed by atoms with Crippen molar-refractivity contribution in [3.8, 4) is 11.4 Å². The molecule has 1 saturated heterocycles. The molecule has 9 nitrogen and oxygen atoms in total. The summed E-state index contributed by atoms with van der Waals surface area (Å²) in [5.41, 5.74) is 2.25. The maximum Gasteiger partial charge on any atom is 0.295 e. The first-order chi connectivity index (χ1) is 16.4. The van der Waals surface area contributed by atoms with E-state index in [1.165, 1.54) is 11.1 Å². The minimum Gasteiger partial charge on any atom is -0.358 e. The number of benzene rings is 1. The molecule has 0 radical (unpaired) electrons. The van der Waals surface area contributed by atoms with E-state index in [1.807, 2.05) is 25.1 Å². The van der Waals surface area contributed by atoms with E-state index < -0.39 is 11.7 Å². The van der Waals surface area contributed by atoms with Crippen molar-refractivity contribution in [3.05, 3.63) is 71.3 Å². The van der Waals surface area contributed by atoms with E-state index in [2.05, 4.69) is 19.9 Å².